The SMILES string of the molecule is Cc1ccc2c(c1)N1CCC(C)C1CN2. The van der Waals surface area contributed by atoms with E-state index in [4.69, 9.17) is 0 Å². The molecule has 2 atom stereocenters. The van der Waals surface area contributed by atoms with Gasteiger partial charge in [0.25, 0.3) is 0 Å². The third-order valence-electron chi connectivity index (χ3n) is 3.85. The molecule has 1 fully saturated rings. The van der Waals surface area contributed by atoms with Gasteiger partial charge in [0, 0.05) is 19.1 Å². The first-order valence-corrected chi connectivity index (χ1v) is 5.87. The van der Waals surface area contributed by atoms with Gasteiger partial charge in [0.15, 0.2) is 0 Å². The molecule has 0 spiro atoms. The van der Waals surface area contributed by atoms with E-state index in [-0.39, 0.29) is 0 Å². The molecule has 0 radical (unpaired) electrons. The van der Waals surface area contributed by atoms with Crippen LogP contribution in [0.3, 0.4) is 0 Å². The molecule has 80 valence electrons. The van der Waals surface area contributed by atoms with E-state index in [1.54, 1.807) is 0 Å². The fraction of sp³-hybridized carbons (Fsp3) is 0.538. The van der Waals surface area contributed by atoms with Gasteiger partial charge in [-0.05, 0) is 37.0 Å². The summed E-state index contributed by atoms with van der Waals surface area (Å²) in [6, 6.07) is 7.42. The second-order valence-corrected chi connectivity index (χ2v) is 4.93. The molecule has 2 nitrogen and oxygen atoms in total. The van der Waals surface area contributed by atoms with Crippen molar-refractivity contribution in [2.24, 2.45) is 5.92 Å². The number of fused-ring (bicyclic) bond motifs is 3. The average molecular weight is 202 g/mol. The lowest BCUT2D eigenvalue weighted by atomic mass is 10.0. The van der Waals surface area contributed by atoms with Crippen LogP contribution in [-0.2, 0) is 0 Å². The highest BCUT2D eigenvalue weighted by Gasteiger charge is 2.34. The van der Waals surface area contributed by atoms with Crippen molar-refractivity contribution in [3.8, 4) is 0 Å². The fourth-order valence-corrected chi connectivity index (χ4v) is 2.86. The molecule has 2 heteroatoms. The molecule has 1 aromatic carbocycles. The lowest BCUT2D eigenvalue weighted by Gasteiger charge is -2.36. The lowest BCUT2D eigenvalue weighted by Crippen LogP contribution is -2.41. The zero-order valence-electron chi connectivity index (χ0n) is 9.46. The summed E-state index contributed by atoms with van der Waals surface area (Å²) in [6.45, 7) is 6.87. The summed E-state index contributed by atoms with van der Waals surface area (Å²) >= 11 is 0. The quantitative estimate of drug-likeness (QED) is 0.695. The highest BCUT2D eigenvalue weighted by molar-refractivity contribution is 5.74. The molecule has 1 saturated heterocycles. The summed E-state index contributed by atoms with van der Waals surface area (Å²) in [5.74, 6) is 0.825. The van der Waals surface area contributed by atoms with E-state index < -0.39 is 0 Å². The molecule has 0 aliphatic carbocycles. The Labute approximate surface area is 91.3 Å². The molecular weight excluding hydrogens is 184 g/mol. The first-order valence-electron chi connectivity index (χ1n) is 5.87. The number of nitrogens with one attached hydrogen (secondary N) is 1. The van der Waals surface area contributed by atoms with Gasteiger partial charge in [-0.3, -0.25) is 0 Å². The first-order chi connectivity index (χ1) is 7.25. The van der Waals surface area contributed by atoms with Gasteiger partial charge in [0.1, 0.15) is 0 Å². The second kappa shape index (κ2) is 3.16. The number of aryl methyl sites for hydroxylation is 1. The Balaban J connectivity index is 2.04. The van der Waals surface area contributed by atoms with Crippen LogP contribution in [0, 0.1) is 12.8 Å². The molecule has 2 aliphatic heterocycles. The van der Waals surface area contributed by atoms with Crippen LogP contribution < -0.4 is 10.2 Å². The van der Waals surface area contributed by atoms with Crippen molar-refractivity contribution in [2.45, 2.75) is 26.3 Å². The van der Waals surface area contributed by atoms with Crippen molar-refractivity contribution in [1.29, 1.82) is 0 Å². The average Bonchev–Trinajstić information content (AvgIpc) is 2.61. The Morgan fingerprint density at radius 2 is 2.27 bits per heavy atom. The zero-order chi connectivity index (χ0) is 10.4. The van der Waals surface area contributed by atoms with E-state index >= 15 is 0 Å². The van der Waals surface area contributed by atoms with Crippen molar-refractivity contribution in [1.82, 2.24) is 0 Å². The monoisotopic (exact) mass is 202 g/mol. The molecule has 1 aromatic rings. The first kappa shape index (κ1) is 9.08. The molecule has 0 aromatic heterocycles. The number of hydrogen-bond acceptors (Lipinski definition) is 2. The topological polar surface area (TPSA) is 15.3 Å². The summed E-state index contributed by atoms with van der Waals surface area (Å²) in [5, 5.41) is 3.55. The van der Waals surface area contributed by atoms with Gasteiger partial charge in [0.2, 0.25) is 0 Å². The highest BCUT2D eigenvalue weighted by atomic mass is 15.2. The van der Waals surface area contributed by atoms with Crippen LogP contribution in [0.2, 0.25) is 0 Å². The van der Waals surface area contributed by atoms with Crippen LogP contribution >= 0.6 is 0 Å². The van der Waals surface area contributed by atoms with E-state index in [9.17, 15) is 0 Å². The third kappa shape index (κ3) is 1.31. The molecular formula is C13H18N2. The van der Waals surface area contributed by atoms with Crippen LogP contribution in [0.25, 0.3) is 0 Å². The summed E-state index contributed by atoms with van der Waals surface area (Å²) in [7, 11) is 0. The van der Waals surface area contributed by atoms with Gasteiger partial charge >= 0.3 is 0 Å². The van der Waals surface area contributed by atoms with Crippen molar-refractivity contribution in [3.05, 3.63) is 23.8 Å². The van der Waals surface area contributed by atoms with E-state index in [1.807, 2.05) is 0 Å². The Hall–Kier alpha value is -1.18. The summed E-state index contributed by atoms with van der Waals surface area (Å²) in [4.78, 5) is 2.59. The minimum atomic E-state index is 0.708. The van der Waals surface area contributed by atoms with Crippen LogP contribution in [0.4, 0.5) is 11.4 Å². The largest absolute Gasteiger partial charge is 0.381 e. The van der Waals surface area contributed by atoms with E-state index in [0.29, 0.717) is 6.04 Å². The number of nitrogens with zero attached hydrogens (tertiary/aromatic N) is 1. The summed E-state index contributed by atoms with van der Waals surface area (Å²) < 4.78 is 0. The normalized spacial score (nSPS) is 28.3. The minimum Gasteiger partial charge on any atom is -0.381 e. The maximum Gasteiger partial charge on any atom is 0.0607 e. The van der Waals surface area contributed by atoms with Crippen molar-refractivity contribution in [3.63, 3.8) is 0 Å². The minimum absolute atomic E-state index is 0.708. The number of benzene rings is 1. The molecule has 2 heterocycles. The van der Waals surface area contributed by atoms with Gasteiger partial charge in [0.05, 0.1) is 11.4 Å². The van der Waals surface area contributed by atoms with Gasteiger partial charge < -0.3 is 10.2 Å². The molecule has 3 rings (SSSR count). The smallest absolute Gasteiger partial charge is 0.0607 e. The van der Waals surface area contributed by atoms with Crippen molar-refractivity contribution in [2.75, 3.05) is 23.3 Å². The molecule has 2 aliphatic rings. The van der Waals surface area contributed by atoms with Crippen molar-refractivity contribution < 1.29 is 0 Å². The molecule has 1 N–H and O–H groups in total. The molecule has 15 heavy (non-hydrogen) atoms. The number of anilines is 2. The van der Waals surface area contributed by atoms with Gasteiger partial charge in [-0.2, -0.15) is 0 Å². The standard InChI is InChI=1S/C13H18N2/c1-9-3-4-11-12(7-9)15-6-5-10(2)13(15)8-14-11/h3-4,7,10,13-14H,5-6,8H2,1-2H3. The van der Waals surface area contributed by atoms with Crippen molar-refractivity contribution >= 4 is 11.4 Å². The molecule has 0 saturated carbocycles. The second-order valence-electron chi connectivity index (χ2n) is 4.93. The lowest BCUT2D eigenvalue weighted by molar-refractivity contribution is 0.524. The van der Waals surface area contributed by atoms with Gasteiger partial charge in [-0.15, -0.1) is 0 Å². The molecule has 0 amide bonds. The maximum atomic E-state index is 3.55. The Kier molecular flexibility index (Phi) is 1.91. The Bertz CT molecular complexity index is 386. The number of hydrogen-bond donors (Lipinski definition) is 1. The van der Waals surface area contributed by atoms with Crippen LogP contribution in [0.5, 0.6) is 0 Å². The van der Waals surface area contributed by atoms with Gasteiger partial charge in [-0.1, -0.05) is 13.0 Å². The Morgan fingerprint density at radius 3 is 3.13 bits per heavy atom. The Morgan fingerprint density at radius 1 is 1.40 bits per heavy atom. The van der Waals surface area contributed by atoms with Crippen LogP contribution in [0.1, 0.15) is 18.9 Å². The summed E-state index contributed by atoms with van der Waals surface area (Å²) in [5.41, 5.74) is 4.08. The predicted octanol–water partition coefficient (Wildman–Crippen LogP) is 2.64. The fourth-order valence-electron chi connectivity index (χ4n) is 2.86. The molecule has 0 bridgehead atoms. The third-order valence-corrected chi connectivity index (χ3v) is 3.85. The summed E-state index contributed by atoms with van der Waals surface area (Å²) in [6.07, 6.45) is 1.33. The predicted molar refractivity (Wildman–Crippen MR) is 64.6 cm³/mol. The zero-order valence-corrected chi connectivity index (χ0v) is 9.46. The van der Waals surface area contributed by atoms with E-state index in [0.717, 1.165) is 12.5 Å². The van der Waals surface area contributed by atoms with Gasteiger partial charge in [-0.25, -0.2) is 0 Å². The van der Waals surface area contributed by atoms with E-state index in [2.05, 4.69) is 42.3 Å². The highest BCUT2D eigenvalue weighted by Crippen LogP contribution is 2.38. The number of rotatable bonds is 0. The van der Waals surface area contributed by atoms with E-state index in [1.165, 1.54) is 29.9 Å². The van der Waals surface area contributed by atoms with Crippen LogP contribution in [-0.4, -0.2) is 19.1 Å². The maximum absolute atomic E-state index is 3.55. The van der Waals surface area contributed by atoms with Crippen LogP contribution in [0.15, 0.2) is 18.2 Å². The molecule has 2 unspecified atom stereocenters.